The highest BCUT2D eigenvalue weighted by molar-refractivity contribution is 9.10. The van der Waals surface area contributed by atoms with Gasteiger partial charge in [-0.15, -0.1) is 0 Å². The Morgan fingerprint density at radius 1 is 1.11 bits per heavy atom. The van der Waals surface area contributed by atoms with Crippen molar-refractivity contribution in [3.8, 4) is 0 Å². The zero-order chi connectivity index (χ0) is 14.0. The van der Waals surface area contributed by atoms with Crippen molar-refractivity contribution < 1.29 is 8.78 Å². The number of rotatable bonds is 3. The second kappa shape index (κ2) is 5.57. The highest BCUT2D eigenvalue weighted by atomic mass is 79.9. The van der Waals surface area contributed by atoms with Crippen LogP contribution in [0, 0.1) is 11.6 Å². The van der Waals surface area contributed by atoms with Gasteiger partial charge in [-0.1, -0.05) is 22.0 Å². The summed E-state index contributed by atoms with van der Waals surface area (Å²) in [7, 11) is 1.85. The fourth-order valence-electron chi connectivity index (χ4n) is 1.87. The van der Waals surface area contributed by atoms with Crippen LogP contribution >= 0.6 is 15.9 Å². The predicted molar refractivity (Wildman–Crippen MR) is 77.0 cm³/mol. The zero-order valence-electron chi connectivity index (χ0n) is 10.3. The molecule has 2 N–H and O–H groups in total. The first-order valence-electron chi connectivity index (χ1n) is 5.67. The number of benzene rings is 2. The number of hydrogen-bond donors (Lipinski definition) is 1. The van der Waals surface area contributed by atoms with E-state index < -0.39 is 11.6 Å². The number of nitrogens with two attached hydrogens (primary N) is 1. The molecule has 0 heterocycles. The van der Waals surface area contributed by atoms with Crippen molar-refractivity contribution in [2.75, 3.05) is 17.7 Å². The van der Waals surface area contributed by atoms with E-state index in [-0.39, 0.29) is 0 Å². The van der Waals surface area contributed by atoms with Gasteiger partial charge in [0.2, 0.25) is 0 Å². The molecule has 0 aliphatic carbocycles. The van der Waals surface area contributed by atoms with Gasteiger partial charge in [0, 0.05) is 18.1 Å². The first-order valence-corrected chi connectivity index (χ1v) is 6.47. The third kappa shape index (κ3) is 3.23. The van der Waals surface area contributed by atoms with Gasteiger partial charge in [0.05, 0.1) is 11.4 Å². The lowest BCUT2D eigenvalue weighted by Gasteiger charge is -2.21. The third-order valence-electron chi connectivity index (χ3n) is 2.80. The summed E-state index contributed by atoms with van der Waals surface area (Å²) in [6.45, 7) is 0.447. The molecule has 0 spiro atoms. The number of anilines is 2. The molecular weight excluding hydrogens is 314 g/mol. The minimum absolute atomic E-state index is 0.447. The van der Waals surface area contributed by atoms with Crippen LogP contribution in [0.4, 0.5) is 20.2 Å². The lowest BCUT2D eigenvalue weighted by molar-refractivity contribution is 0.507. The topological polar surface area (TPSA) is 29.3 Å². The van der Waals surface area contributed by atoms with Crippen molar-refractivity contribution >= 4 is 27.3 Å². The first kappa shape index (κ1) is 13.8. The van der Waals surface area contributed by atoms with Crippen LogP contribution in [0.2, 0.25) is 0 Å². The second-order valence-corrected chi connectivity index (χ2v) is 5.22. The van der Waals surface area contributed by atoms with Crippen LogP contribution in [-0.2, 0) is 6.54 Å². The Hall–Kier alpha value is -1.62. The molecule has 0 unspecified atom stereocenters. The summed E-state index contributed by atoms with van der Waals surface area (Å²) in [5.41, 5.74) is 8.07. The molecule has 2 aromatic carbocycles. The number of nitrogens with zero attached hydrogens (tertiary/aromatic N) is 1. The standard InChI is InChI=1S/C14H13BrF2N2/c1-19(14-5-3-10(15)7-13(14)18)8-9-2-4-11(16)12(17)6-9/h2-7H,8,18H2,1H3. The molecule has 2 nitrogen and oxygen atoms in total. The van der Waals surface area contributed by atoms with Gasteiger partial charge in [-0.25, -0.2) is 8.78 Å². The summed E-state index contributed by atoms with van der Waals surface area (Å²) in [5.74, 6) is -1.68. The van der Waals surface area contributed by atoms with Crippen LogP contribution < -0.4 is 10.6 Å². The first-order chi connectivity index (χ1) is 8.97. The van der Waals surface area contributed by atoms with Gasteiger partial charge in [-0.2, -0.15) is 0 Å². The van der Waals surface area contributed by atoms with Crippen molar-refractivity contribution in [3.63, 3.8) is 0 Å². The average Bonchev–Trinajstić information content (AvgIpc) is 2.33. The minimum atomic E-state index is -0.838. The number of hydrogen-bond acceptors (Lipinski definition) is 2. The highest BCUT2D eigenvalue weighted by Gasteiger charge is 2.08. The average molecular weight is 327 g/mol. The minimum Gasteiger partial charge on any atom is -0.397 e. The molecule has 0 fully saturated rings. The van der Waals surface area contributed by atoms with Crippen molar-refractivity contribution in [1.29, 1.82) is 0 Å². The molecule has 0 aliphatic rings. The van der Waals surface area contributed by atoms with E-state index in [1.165, 1.54) is 6.07 Å². The molecule has 19 heavy (non-hydrogen) atoms. The lowest BCUT2D eigenvalue weighted by Crippen LogP contribution is -2.18. The molecule has 0 amide bonds. The van der Waals surface area contributed by atoms with E-state index in [1.54, 1.807) is 12.1 Å². The Bertz CT molecular complexity index is 602. The molecule has 0 atom stereocenters. The van der Waals surface area contributed by atoms with E-state index in [0.29, 0.717) is 17.8 Å². The molecule has 2 aromatic rings. The van der Waals surface area contributed by atoms with Crippen LogP contribution in [0.25, 0.3) is 0 Å². The maximum Gasteiger partial charge on any atom is 0.159 e. The molecule has 5 heteroatoms. The maximum absolute atomic E-state index is 13.1. The van der Waals surface area contributed by atoms with E-state index in [0.717, 1.165) is 16.2 Å². The smallest absolute Gasteiger partial charge is 0.159 e. The van der Waals surface area contributed by atoms with Gasteiger partial charge in [-0.05, 0) is 35.9 Å². The van der Waals surface area contributed by atoms with Crippen molar-refractivity contribution in [2.24, 2.45) is 0 Å². The van der Waals surface area contributed by atoms with Gasteiger partial charge < -0.3 is 10.6 Å². The lowest BCUT2D eigenvalue weighted by atomic mass is 10.2. The molecule has 0 radical (unpaired) electrons. The summed E-state index contributed by atoms with van der Waals surface area (Å²) in [6.07, 6.45) is 0. The van der Waals surface area contributed by atoms with Crippen LogP contribution in [-0.4, -0.2) is 7.05 Å². The van der Waals surface area contributed by atoms with Crippen LogP contribution in [0.15, 0.2) is 40.9 Å². The van der Waals surface area contributed by atoms with E-state index in [9.17, 15) is 8.78 Å². The van der Waals surface area contributed by atoms with E-state index in [2.05, 4.69) is 15.9 Å². The monoisotopic (exact) mass is 326 g/mol. The molecule has 0 bridgehead atoms. The van der Waals surface area contributed by atoms with Crippen molar-refractivity contribution in [1.82, 2.24) is 0 Å². The fraction of sp³-hybridized carbons (Fsp3) is 0.143. The largest absolute Gasteiger partial charge is 0.397 e. The highest BCUT2D eigenvalue weighted by Crippen LogP contribution is 2.27. The Labute approximate surface area is 119 Å². The Kier molecular flexibility index (Phi) is 4.04. The number of nitrogen functional groups attached to an aromatic ring is 1. The fourth-order valence-corrected chi connectivity index (χ4v) is 2.25. The molecule has 0 saturated carbocycles. The van der Waals surface area contributed by atoms with Crippen LogP contribution in [0.3, 0.4) is 0 Å². The van der Waals surface area contributed by atoms with E-state index in [1.807, 2.05) is 24.1 Å². The van der Waals surface area contributed by atoms with Crippen molar-refractivity contribution in [3.05, 3.63) is 58.1 Å². The van der Waals surface area contributed by atoms with Crippen LogP contribution in [0.1, 0.15) is 5.56 Å². The summed E-state index contributed by atoms with van der Waals surface area (Å²) in [5, 5.41) is 0. The molecule has 0 aliphatic heterocycles. The van der Waals surface area contributed by atoms with Crippen LogP contribution in [0.5, 0.6) is 0 Å². The molecule has 0 aromatic heterocycles. The third-order valence-corrected chi connectivity index (χ3v) is 3.30. The van der Waals surface area contributed by atoms with E-state index in [4.69, 9.17) is 5.73 Å². The molecule has 2 rings (SSSR count). The summed E-state index contributed by atoms with van der Waals surface area (Å²) < 4.78 is 26.9. The van der Waals surface area contributed by atoms with Crippen molar-refractivity contribution in [2.45, 2.75) is 6.54 Å². The molecular formula is C14H13BrF2N2. The van der Waals surface area contributed by atoms with Gasteiger partial charge in [-0.3, -0.25) is 0 Å². The van der Waals surface area contributed by atoms with Gasteiger partial charge in [0.15, 0.2) is 11.6 Å². The number of halogens is 3. The predicted octanol–water partition coefficient (Wildman–Crippen LogP) is 3.95. The van der Waals surface area contributed by atoms with Gasteiger partial charge in [0.25, 0.3) is 0 Å². The SMILES string of the molecule is CN(Cc1ccc(F)c(F)c1)c1ccc(Br)cc1N. The summed E-state index contributed by atoms with van der Waals surface area (Å²) in [4.78, 5) is 1.88. The van der Waals surface area contributed by atoms with E-state index >= 15 is 0 Å². The van der Waals surface area contributed by atoms with Gasteiger partial charge in [0.1, 0.15) is 0 Å². The zero-order valence-corrected chi connectivity index (χ0v) is 11.9. The Morgan fingerprint density at radius 2 is 1.84 bits per heavy atom. The molecule has 0 saturated heterocycles. The normalized spacial score (nSPS) is 10.5. The molecule has 100 valence electrons. The Balaban J connectivity index is 2.20. The summed E-state index contributed by atoms with van der Waals surface area (Å²) >= 11 is 3.34. The van der Waals surface area contributed by atoms with Gasteiger partial charge >= 0.3 is 0 Å². The second-order valence-electron chi connectivity index (χ2n) is 4.31. The summed E-state index contributed by atoms with van der Waals surface area (Å²) in [6, 6.07) is 9.44. The maximum atomic E-state index is 13.1. The quantitative estimate of drug-likeness (QED) is 0.865. The Morgan fingerprint density at radius 3 is 2.47 bits per heavy atom.